The fourth-order valence-corrected chi connectivity index (χ4v) is 1.33. The summed E-state index contributed by atoms with van der Waals surface area (Å²) in [6.45, 7) is 5.20. The number of nitrogens with one attached hydrogen (secondary N) is 1. The Morgan fingerprint density at radius 3 is 2.65 bits per heavy atom. The Labute approximate surface area is 99.4 Å². The van der Waals surface area contributed by atoms with Crippen molar-refractivity contribution in [1.29, 1.82) is 0 Å². The molecule has 0 saturated heterocycles. The molecule has 0 aromatic carbocycles. The first-order valence-electron chi connectivity index (χ1n) is 5.28. The van der Waals surface area contributed by atoms with Crippen LogP contribution in [0, 0.1) is 18.7 Å². The van der Waals surface area contributed by atoms with Gasteiger partial charge in [-0.3, -0.25) is 0 Å². The molecule has 94 valence electrons. The third-order valence-electron chi connectivity index (χ3n) is 2.38. The standard InChI is InChI=1S/C11H16FN3O2/c1-6(2)9(11(16)17-4)15-10-8(12)7(3)13-5-14-10/h5-6,9H,1-4H3,(H,13,14,15). The van der Waals surface area contributed by atoms with Crippen molar-refractivity contribution in [2.24, 2.45) is 5.92 Å². The zero-order chi connectivity index (χ0) is 13.0. The van der Waals surface area contributed by atoms with Gasteiger partial charge in [0.05, 0.1) is 12.8 Å². The Hall–Kier alpha value is -1.72. The highest BCUT2D eigenvalue weighted by Gasteiger charge is 2.24. The van der Waals surface area contributed by atoms with E-state index in [1.165, 1.54) is 20.4 Å². The molecule has 1 N–H and O–H groups in total. The highest BCUT2D eigenvalue weighted by atomic mass is 19.1. The average Bonchev–Trinajstić information content (AvgIpc) is 2.29. The van der Waals surface area contributed by atoms with Crippen LogP contribution in [-0.2, 0) is 9.53 Å². The zero-order valence-corrected chi connectivity index (χ0v) is 10.3. The first-order chi connectivity index (χ1) is 7.97. The van der Waals surface area contributed by atoms with Crippen LogP contribution in [0.2, 0.25) is 0 Å². The number of ether oxygens (including phenoxy) is 1. The molecule has 0 radical (unpaired) electrons. The SMILES string of the molecule is COC(=O)C(Nc1ncnc(C)c1F)C(C)C. The maximum absolute atomic E-state index is 13.7. The summed E-state index contributed by atoms with van der Waals surface area (Å²) in [5, 5.41) is 2.74. The van der Waals surface area contributed by atoms with Crippen molar-refractivity contribution in [2.75, 3.05) is 12.4 Å². The minimum atomic E-state index is -0.635. The second kappa shape index (κ2) is 5.56. The predicted octanol–water partition coefficient (Wildman–Crippen LogP) is 1.53. The Morgan fingerprint density at radius 1 is 1.47 bits per heavy atom. The van der Waals surface area contributed by atoms with Crippen molar-refractivity contribution in [3.63, 3.8) is 0 Å². The summed E-state index contributed by atoms with van der Waals surface area (Å²) in [5.41, 5.74) is 0.231. The fourth-order valence-electron chi connectivity index (χ4n) is 1.33. The minimum Gasteiger partial charge on any atom is -0.467 e. The summed E-state index contributed by atoms with van der Waals surface area (Å²) in [5.74, 6) is -1.03. The van der Waals surface area contributed by atoms with E-state index in [4.69, 9.17) is 0 Å². The van der Waals surface area contributed by atoms with Gasteiger partial charge in [-0.1, -0.05) is 13.8 Å². The van der Waals surface area contributed by atoms with Gasteiger partial charge in [0.15, 0.2) is 11.6 Å². The van der Waals surface area contributed by atoms with E-state index in [1.54, 1.807) is 0 Å². The lowest BCUT2D eigenvalue weighted by Crippen LogP contribution is -2.36. The van der Waals surface area contributed by atoms with Crippen LogP contribution in [0.4, 0.5) is 10.2 Å². The van der Waals surface area contributed by atoms with Crippen LogP contribution in [0.3, 0.4) is 0 Å². The lowest BCUT2D eigenvalue weighted by Gasteiger charge is -2.20. The molecule has 1 aromatic rings. The molecule has 0 spiro atoms. The number of carbonyl (C=O) groups is 1. The molecular formula is C11H16FN3O2. The molecular weight excluding hydrogens is 225 g/mol. The van der Waals surface area contributed by atoms with Gasteiger partial charge in [-0.15, -0.1) is 0 Å². The molecule has 1 atom stereocenters. The maximum atomic E-state index is 13.7. The van der Waals surface area contributed by atoms with Crippen molar-refractivity contribution in [2.45, 2.75) is 26.8 Å². The number of anilines is 1. The van der Waals surface area contributed by atoms with Gasteiger partial charge in [-0.2, -0.15) is 0 Å². The molecule has 1 aromatic heterocycles. The first-order valence-corrected chi connectivity index (χ1v) is 5.28. The van der Waals surface area contributed by atoms with Crippen LogP contribution >= 0.6 is 0 Å². The number of carbonyl (C=O) groups excluding carboxylic acids is 1. The van der Waals surface area contributed by atoms with Crippen molar-refractivity contribution in [1.82, 2.24) is 9.97 Å². The van der Waals surface area contributed by atoms with Gasteiger partial charge in [0, 0.05) is 0 Å². The molecule has 5 nitrogen and oxygen atoms in total. The summed E-state index contributed by atoms with van der Waals surface area (Å²) < 4.78 is 18.3. The fraction of sp³-hybridized carbons (Fsp3) is 0.545. The van der Waals surface area contributed by atoms with Gasteiger partial charge in [-0.05, 0) is 12.8 Å². The van der Waals surface area contributed by atoms with Crippen LogP contribution in [0.15, 0.2) is 6.33 Å². The highest BCUT2D eigenvalue weighted by Crippen LogP contribution is 2.16. The van der Waals surface area contributed by atoms with E-state index in [-0.39, 0.29) is 17.4 Å². The summed E-state index contributed by atoms with van der Waals surface area (Å²) >= 11 is 0. The molecule has 0 aliphatic rings. The Morgan fingerprint density at radius 2 is 2.12 bits per heavy atom. The zero-order valence-electron chi connectivity index (χ0n) is 10.3. The molecule has 1 unspecified atom stereocenters. The van der Waals surface area contributed by atoms with Gasteiger partial charge in [0.1, 0.15) is 12.4 Å². The number of hydrogen-bond donors (Lipinski definition) is 1. The van der Waals surface area contributed by atoms with E-state index in [1.807, 2.05) is 13.8 Å². The van der Waals surface area contributed by atoms with Gasteiger partial charge in [-0.25, -0.2) is 19.2 Å². The number of rotatable bonds is 4. The maximum Gasteiger partial charge on any atom is 0.328 e. The number of hydrogen-bond acceptors (Lipinski definition) is 5. The molecule has 1 heterocycles. The summed E-state index contributed by atoms with van der Waals surface area (Å²) in [6.07, 6.45) is 1.25. The van der Waals surface area contributed by atoms with Gasteiger partial charge in [0.25, 0.3) is 0 Å². The quantitative estimate of drug-likeness (QED) is 0.810. The van der Waals surface area contributed by atoms with E-state index < -0.39 is 17.8 Å². The van der Waals surface area contributed by atoms with E-state index in [0.29, 0.717) is 0 Å². The third-order valence-corrected chi connectivity index (χ3v) is 2.38. The molecule has 0 bridgehead atoms. The highest BCUT2D eigenvalue weighted by molar-refractivity contribution is 5.79. The number of aromatic nitrogens is 2. The molecule has 0 aliphatic heterocycles. The van der Waals surface area contributed by atoms with Gasteiger partial charge < -0.3 is 10.1 Å². The van der Waals surface area contributed by atoms with E-state index >= 15 is 0 Å². The van der Waals surface area contributed by atoms with Crippen molar-refractivity contribution < 1.29 is 13.9 Å². The second-order valence-corrected chi connectivity index (χ2v) is 4.01. The normalized spacial score (nSPS) is 12.4. The predicted molar refractivity (Wildman–Crippen MR) is 61.0 cm³/mol. The number of halogens is 1. The van der Waals surface area contributed by atoms with E-state index in [0.717, 1.165) is 0 Å². The molecule has 0 amide bonds. The van der Waals surface area contributed by atoms with Crippen LogP contribution in [-0.4, -0.2) is 29.1 Å². The molecule has 17 heavy (non-hydrogen) atoms. The molecule has 6 heteroatoms. The van der Waals surface area contributed by atoms with Gasteiger partial charge >= 0.3 is 5.97 Å². The third kappa shape index (κ3) is 3.12. The Kier molecular flexibility index (Phi) is 4.37. The molecule has 0 fully saturated rings. The Bertz CT molecular complexity index is 410. The first kappa shape index (κ1) is 13.3. The smallest absolute Gasteiger partial charge is 0.328 e. The molecule has 0 saturated carbocycles. The number of methoxy groups -OCH3 is 1. The van der Waals surface area contributed by atoms with Crippen molar-refractivity contribution in [3.05, 3.63) is 17.8 Å². The van der Waals surface area contributed by atoms with Crippen molar-refractivity contribution in [3.8, 4) is 0 Å². The lowest BCUT2D eigenvalue weighted by atomic mass is 10.0. The van der Waals surface area contributed by atoms with Crippen molar-refractivity contribution >= 4 is 11.8 Å². The summed E-state index contributed by atoms with van der Waals surface area (Å²) in [4.78, 5) is 19.0. The molecule has 1 rings (SSSR count). The summed E-state index contributed by atoms with van der Waals surface area (Å²) in [7, 11) is 1.29. The van der Waals surface area contributed by atoms with Crippen LogP contribution < -0.4 is 5.32 Å². The van der Waals surface area contributed by atoms with Gasteiger partial charge in [0.2, 0.25) is 0 Å². The monoisotopic (exact) mass is 241 g/mol. The topological polar surface area (TPSA) is 64.1 Å². The lowest BCUT2D eigenvalue weighted by molar-refractivity contribution is -0.142. The largest absolute Gasteiger partial charge is 0.467 e. The average molecular weight is 241 g/mol. The Balaban J connectivity index is 2.94. The van der Waals surface area contributed by atoms with Crippen LogP contribution in [0.5, 0.6) is 0 Å². The van der Waals surface area contributed by atoms with E-state index in [2.05, 4.69) is 20.0 Å². The van der Waals surface area contributed by atoms with E-state index in [9.17, 15) is 9.18 Å². The number of esters is 1. The number of nitrogens with zero attached hydrogens (tertiary/aromatic N) is 2. The minimum absolute atomic E-state index is 0.0154. The molecule has 0 aliphatic carbocycles. The van der Waals surface area contributed by atoms with Crippen LogP contribution in [0.25, 0.3) is 0 Å². The second-order valence-electron chi connectivity index (χ2n) is 4.01. The number of aryl methyl sites for hydroxylation is 1. The van der Waals surface area contributed by atoms with Crippen LogP contribution in [0.1, 0.15) is 19.5 Å². The summed E-state index contributed by atoms with van der Waals surface area (Å²) in [6, 6.07) is -0.635.